The highest BCUT2D eigenvalue weighted by Crippen LogP contribution is 2.11. The molecular formula is C11H19N3O3. The minimum Gasteiger partial charge on any atom is -0.373 e. The van der Waals surface area contributed by atoms with Crippen LogP contribution in [0.1, 0.15) is 31.5 Å². The third-order valence-corrected chi connectivity index (χ3v) is 2.52. The van der Waals surface area contributed by atoms with E-state index in [2.05, 4.69) is 15.5 Å². The molecule has 0 saturated carbocycles. The molecule has 0 spiro atoms. The summed E-state index contributed by atoms with van der Waals surface area (Å²) in [7, 11) is 0. The number of ether oxygens (including phenoxy) is 2. The first-order valence-electron chi connectivity index (χ1n) is 5.98. The van der Waals surface area contributed by atoms with Gasteiger partial charge in [-0.25, -0.2) is 0 Å². The standard InChI is InChI=1S/C11H19N3O3/c1-8(2)11-13-10(14-17-11)7-15-6-9-5-12-3-4-16-9/h8-9,12H,3-7H2,1-2H3. The summed E-state index contributed by atoms with van der Waals surface area (Å²) in [4.78, 5) is 4.23. The Hall–Kier alpha value is -0.980. The Morgan fingerprint density at radius 2 is 2.41 bits per heavy atom. The fourth-order valence-corrected chi connectivity index (χ4v) is 1.57. The number of aromatic nitrogens is 2. The zero-order chi connectivity index (χ0) is 12.1. The molecule has 2 rings (SSSR count). The van der Waals surface area contributed by atoms with Crippen LogP contribution in [0.5, 0.6) is 0 Å². The fourth-order valence-electron chi connectivity index (χ4n) is 1.57. The van der Waals surface area contributed by atoms with Crippen molar-refractivity contribution in [3.8, 4) is 0 Å². The van der Waals surface area contributed by atoms with Crippen LogP contribution in [0.4, 0.5) is 0 Å². The molecule has 1 aromatic heterocycles. The highest BCUT2D eigenvalue weighted by Gasteiger charge is 2.14. The molecule has 1 atom stereocenters. The molecule has 0 radical (unpaired) electrons. The highest BCUT2D eigenvalue weighted by molar-refractivity contribution is 4.89. The van der Waals surface area contributed by atoms with Crippen molar-refractivity contribution in [1.29, 1.82) is 0 Å². The van der Waals surface area contributed by atoms with Gasteiger partial charge in [0.25, 0.3) is 0 Å². The lowest BCUT2D eigenvalue weighted by atomic mass is 10.2. The molecule has 1 aromatic rings. The summed E-state index contributed by atoms with van der Waals surface area (Å²) < 4.78 is 16.1. The third-order valence-electron chi connectivity index (χ3n) is 2.52. The summed E-state index contributed by atoms with van der Waals surface area (Å²) >= 11 is 0. The minimum absolute atomic E-state index is 0.125. The molecule has 6 heteroatoms. The number of morpholine rings is 1. The lowest BCUT2D eigenvalue weighted by Gasteiger charge is -2.22. The summed E-state index contributed by atoms with van der Waals surface area (Å²) in [6.07, 6.45) is 0.125. The number of nitrogens with zero attached hydrogens (tertiary/aromatic N) is 2. The topological polar surface area (TPSA) is 69.4 Å². The first kappa shape index (κ1) is 12.5. The van der Waals surface area contributed by atoms with E-state index in [4.69, 9.17) is 14.0 Å². The largest absolute Gasteiger partial charge is 0.373 e. The van der Waals surface area contributed by atoms with E-state index in [0.29, 0.717) is 24.9 Å². The Bertz CT molecular complexity index is 334. The van der Waals surface area contributed by atoms with E-state index in [1.165, 1.54) is 0 Å². The third kappa shape index (κ3) is 3.76. The maximum Gasteiger partial charge on any atom is 0.229 e. The summed E-state index contributed by atoms with van der Waals surface area (Å²) in [5.41, 5.74) is 0. The highest BCUT2D eigenvalue weighted by atomic mass is 16.5. The molecule has 1 N–H and O–H groups in total. The van der Waals surface area contributed by atoms with Crippen molar-refractivity contribution >= 4 is 0 Å². The predicted molar refractivity (Wildman–Crippen MR) is 60.7 cm³/mol. The van der Waals surface area contributed by atoms with Gasteiger partial charge in [0, 0.05) is 19.0 Å². The molecule has 0 amide bonds. The Kier molecular flexibility index (Phi) is 4.47. The molecule has 0 aromatic carbocycles. The molecule has 0 bridgehead atoms. The smallest absolute Gasteiger partial charge is 0.229 e. The average molecular weight is 241 g/mol. The normalized spacial score (nSPS) is 21.0. The van der Waals surface area contributed by atoms with E-state index in [9.17, 15) is 0 Å². The van der Waals surface area contributed by atoms with E-state index in [-0.39, 0.29) is 12.0 Å². The number of rotatable bonds is 5. The molecule has 1 fully saturated rings. The Labute approximate surface area is 101 Å². The minimum atomic E-state index is 0.125. The first-order chi connectivity index (χ1) is 8.25. The van der Waals surface area contributed by atoms with Gasteiger partial charge in [-0.2, -0.15) is 4.98 Å². The molecule has 17 heavy (non-hydrogen) atoms. The lowest BCUT2D eigenvalue weighted by molar-refractivity contribution is -0.0371. The maximum atomic E-state index is 5.51. The maximum absolute atomic E-state index is 5.51. The van der Waals surface area contributed by atoms with Crippen molar-refractivity contribution in [3.05, 3.63) is 11.7 Å². The van der Waals surface area contributed by atoms with Crippen LogP contribution < -0.4 is 5.32 Å². The molecular weight excluding hydrogens is 222 g/mol. The van der Waals surface area contributed by atoms with Gasteiger partial charge >= 0.3 is 0 Å². The lowest BCUT2D eigenvalue weighted by Crippen LogP contribution is -2.40. The molecule has 6 nitrogen and oxygen atoms in total. The second kappa shape index (κ2) is 6.09. The molecule has 1 aliphatic heterocycles. The monoisotopic (exact) mass is 241 g/mol. The van der Waals surface area contributed by atoms with Crippen LogP contribution in [0.3, 0.4) is 0 Å². The van der Waals surface area contributed by atoms with E-state index >= 15 is 0 Å². The number of hydrogen-bond acceptors (Lipinski definition) is 6. The zero-order valence-electron chi connectivity index (χ0n) is 10.3. The van der Waals surface area contributed by atoms with Crippen LogP contribution >= 0.6 is 0 Å². The summed E-state index contributed by atoms with van der Waals surface area (Å²) in [5.74, 6) is 1.50. The van der Waals surface area contributed by atoms with Gasteiger partial charge in [0.2, 0.25) is 5.89 Å². The second-order valence-electron chi connectivity index (χ2n) is 4.42. The van der Waals surface area contributed by atoms with E-state index in [1.54, 1.807) is 0 Å². The van der Waals surface area contributed by atoms with Crippen LogP contribution in [-0.4, -0.2) is 42.5 Å². The van der Waals surface area contributed by atoms with Crippen molar-refractivity contribution < 1.29 is 14.0 Å². The zero-order valence-corrected chi connectivity index (χ0v) is 10.3. The van der Waals surface area contributed by atoms with E-state index < -0.39 is 0 Å². The van der Waals surface area contributed by atoms with Crippen molar-refractivity contribution in [1.82, 2.24) is 15.5 Å². The van der Waals surface area contributed by atoms with Gasteiger partial charge in [-0.15, -0.1) is 0 Å². The van der Waals surface area contributed by atoms with Gasteiger partial charge in [-0.3, -0.25) is 0 Å². The summed E-state index contributed by atoms with van der Waals surface area (Å²) in [5, 5.41) is 7.10. The molecule has 2 heterocycles. The Balaban J connectivity index is 1.70. The fraction of sp³-hybridized carbons (Fsp3) is 0.818. The number of nitrogens with one attached hydrogen (secondary N) is 1. The molecule has 0 aliphatic carbocycles. The van der Waals surface area contributed by atoms with Crippen LogP contribution in [0.15, 0.2) is 4.52 Å². The van der Waals surface area contributed by atoms with E-state index in [1.807, 2.05) is 13.8 Å². The van der Waals surface area contributed by atoms with Crippen LogP contribution in [0.2, 0.25) is 0 Å². The van der Waals surface area contributed by atoms with Gasteiger partial charge in [0.05, 0.1) is 19.3 Å². The predicted octanol–water partition coefficient (Wildman–Crippen LogP) is 0.698. The molecule has 1 aliphatic rings. The van der Waals surface area contributed by atoms with Gasteiger partial charge in [0.1, 0.15) is 6.61 Å². The summed E-state index contributed by atoms with van der Waals surface area (Å²) in [6.45, 7) is 7.45. The molecule has 96 valence electrons. The van der Waals surface area contributed by atoms with Gasteiger partial charge < -0.3 is 19.3 Å². The van der Waals surface area contributed by atoms with Crippen molar-refractivity contribution in [3.63, 3.8) is 0 Å². The van der Waals surface area contributed by atoms with Crippen LogP contribution in [-0.2, 0) is 16.1 Å². The van der Waals surface area contributed by atoms with Gasteiger partial charge in [-0.1, -0.05) is 19.0 Å². The van der Waals surface area contributed by atoms with Crippen LogP contribution in [0, 0.1) is 0 Å². The number of hydrogen-bond donors (Lipinski definition) is 1. The molecule has 1 saturated heterocycles. The Morgan fingerprint density at radius 1 is 1.53 bits per heavy atom. The van der Waals surface area contributed by atoms with Crippen molar-refractivity contribution in [2.24, 2.45) is 0 Å². The van der Waals surface area contributed by atoms with Crippen molar-refractivity contribution in [2.75, 3.05) is 26.3 Å². The van der Waals surface area contributed by atoms with Crippen molar-refractivity contribution in [2.45, 2.75) is 32.5 Å². The van der Waals surface area contributed by atoms with E-state index in [0.717, 1.165) is 19.7 Å². The first-order valence-corrected chi connectivity index (χ1v) is 5.98. The Morgan fingerprint density at radius 3 is 3.06 bits per heavy atom. The molecule has 1 unspecified atom stereocenters. The summed E-state index contributed by atoms with van der Waals surface area (Å²) in [6, 6.07) is 0. The van der Waals surface area contributed by atoms with Crippen LogP contribution in [0.25, 0.3) is 0 Å². The van der Waals surface area contributed by atoms with Gasteiger partial charge in [0.15, 0.2) is 5.82 Å². The second-order valence-corrected chi connectivity index (χ2v) is 4.42. The SMILES string of the molecule is CC(C)c1nc(COCC2CNCCO2)no1. The average Bonchev–Trinajstić information content (AvgIpc) is 2.79. The quantitative estimate of drug-likeness (QED) is 0.818. The van der Waals surface area contributed by atoms with Gasteiger partial charge in [-0.05, 0) is 0 Å².